The Bertz CT molecular complexity index is 403. The van der Waals surface area contributed by atoms with Crippen LogP contribution in [0.5, 0.6) is 0 Å². The van der Waals surface area contributed by atoms with Crippen LogP contribution < -0.4 is 10.6 Å². The van der Waals surface area contributed by atoms with E-state index >= 15 is 0 Å². The third-order valence-electron chi connectivity index (χ3n) is 4.20. The average Bonchev–Trinajstić information content (AvgIpc) is 2.65. The van der Waals surface area contributed by atoms with Crippen molar-refractivity contribution in [2.75, 3.05) is 18.0 Å². The summed E-state index contributed by atoms with van der Waals surface area (Å²) in [5.74, 6) is 0.916. The summed E-state index contributed by atoms with van der Waals surface area (Å²) < 4.78 is 0. The van der Waals surface area contributed by atoms with E-state index in [2.05, 4.69) is 29.8 Å². The Morgan fingerprint density at radius 2 is 2.21 bits per heavy atom. The van der Waals surface area contributed by atoms with Crippen molar-refractivity contribution in [3.63, 3.8) is 0 Å². The minimum absolute atomic E-state index is 0.581. The van der Waals surface area contributed by atoms with Crippen LogP contribution in [0.2, 0.25) is 0 Å². The van der Waals surface area contributed by atoms with Gasteiger partial charge in [-0.25, -0.2) is 0 Å². The summed E-state index contributed by atoms with van der Waals surface area (Å²) in [6.45, 7) is 7.26. The van der Waals surface area contributed by atoms with E-state index in [1.165, 1.54) is 49.9 Å². The van der Waals surface area contributed by atoms with Crippen molar-refractivity contribution >= 4 is 5.69 Å². The van der Waals surface area contributed by atoms with E-state index in [-0.39, 0.29) is 0 Å². The molecule has 2 heterocycles. The fourth-order valence-corrected chi connectivity index (χ4v) is 3.13. The number of anilines is 1. The smallest absolute Gasteiger partial charge is 0.0445 e. The molecule has 1 saturated heterocycles. The molecule has 3 heteroatoms. The third kappa shape index (κ3) is 3.69. The normalized spacial score (nSPS) is 20.4. The van der Waals surface area contributed by atoms with Crippen LogP contribution >= 0.6 is 0 Å². The highest BCUT2D eigenvalue weighted by atomic mass is 15.1. The molecule has 0 saturated carbocycles. The Labute approximate surface area is 117 Å². The predicted octanol–water partition coefficient (Wildman–Crippen LogP) is 3.26. The van der Waals surface area contributed by atoms with Gasteiger partial charge in [0.15, 0.2) is 0 Å². The Hall–Kier alpha value is -1.09. The zero-order chi connectivity index (χ0) is 13.7. The van der Waals surface area contributed by atoms with Gasteiger partial charge in [0.1, 0.15) is 0 Å². The molecule has 1 aliphatic heterocycles. The minimum Gasteiger partial charge on any atom is -0.371 e. The van der Waals surface area contributed by atoms with Gasteiger partial charge in [0.25, 0.3) is 0 Å². The third-order valence-corrected chi connectivity index (χ3v) is 4.20. The molecule has 0 aromatic carbocycles. The van der Waals surface area contributed by atoms with Crippen molar-refractivity contribution in [3.8, 4) is 0 Å². The predicted molar refractivity (Wildman–Crippen MR) is 81.3 cm³/mol. The van der Waals surface area contributed by atoms with Crippen LogP contribution in [0.1, 0.15) is 50.3 Å². The monoisotopic (exact) mass is 261 g/mol. The Balaban J connectivity index is 2.11. The second-order valence-electron chi connectivity index (χ2n) is 5.73. The zero-order valence-electron chi connectivity index (χ0n) is 12.4. The maximum absolute atomic E-state index is 5.85. The van der Waals surface area contributed by atoms with E-state index in [4.69, 9.17) is 5.73 Å². The van der Waals surface area contributed by atoms with E-state index in [9.17, 15) is 0 Å². The van der Waals surface area contributed by atoms with E-state index in [0.717, 1.165) is 18.2 Å². The first kappa shape index (κ1) is 14.3. The number of aryl methyl sites for hydroxylation is 1. The Morgan fingerprint density at radius 1 is 1.37 bits per heavy atom. The molecule has 1 atom stereocenters. The number of nitrogens with zero attached hydrogens (tertiary/aromatic N) is 2. The molecule has 0 aliphatic carbocycles. The standard InChI is InChI=1S/C16H27N3/c1-3-5-14-6-4-8-19(9-7-14)16-10-13(2)18-12-15(16)11-17/h10,12,14H,3-9,11,17H2,1-2H3. The largest absolute Gasteiger partial charge is 0.371 e. The molecule has 1 unspecified atom stereocenters. The first-order valence-corrected chi connectivity index (χ1v) is 7.65. The highest BCUT2D eigenvalue weighted by Gasteiger charge is 2.18. The van der Waals surface area contributed by atoms with Crippen molar-refractivity contribution in [3.05, 3.63) is 23.5 Å². The van der Waals surface area contributed by atoms with Gasteiger partial charge in [-0.15, -0.1) is 0 Å². The fourth-order valence-electron chi connectivity index (χ4n) is 3.13. The molecule has 0 bridgehead atoms. The average molecular weight is 261 g/mol. The number of hydrogen-bond acceptors (Lipinski definition) is 3. The van der Waals surface area contributed by atoms with Gasteiger partial charge in [-0.3, -0.25) is 4.98 Å². The maximum atomic E-state index is 5.85. The lowest BCUT2D eigenvalue weighted by Crippen LogP contribution is -2.26. The molecule has 1 aliphatic rings. The number of aromatic nitrogens is 1. The SMILES string of the molecule is CCCC1CCCN(c2cc(C)ncc2CN)CC1. The summed E-state index contributed by atoms with van der Waals surface area (Å²) in [7, 11) is 0. The number of nitrogens with two attached hydrogens (primary N) is 1. The van der Waals surface area contributed by atoms with Crippen LogP contribution in [0, 0.1) is 12.8 Å². The lowest BCUT2D eigenvalue weighted by Gasteiger charge is -2.25. The first-order valence-electron chi connectivity index (χ1n) is 7.65. The van der Waals surface area contributed by atoms with Gasteiger partial charge in [0, 0.05) is 42.8 Å². The molecule has 1 fully saturated rings. The summed E-state index contributed by atoms with van der Waals surface area (Å²) in [5, 5.41) is 0. The summed E-state index contributed by atoms with van der Waals surface area (Å²) in [6, 6.07) is 2.20. The molecule has 0 amide bonds. The van der Waals surface area contributed by atoms with Crippen molar-refractivity contribution in [2.24, 2.45) is 11.7 Å². The number of rotatable bonds is 4. The molecule has 106 valence electrons. The van der Waals surface area contributed by atoms with Crippen molar-refractivity contribution in [1.29, 1.82) is 0 Å². The second kappa shape index (κ2) is 6.90. The lowest BCUT2D eigenvalue weighted by molar-refractivity contribution is 0.435. The molecule has 2 rings (SSSR count). The van der Waals surface area contributed by atoms with Gasteiger partial charge in [0.2, 0.25) is 0 Å². The minimum atomic E-state index is 0.581. The molecule has 0 spiro atoms. The summed E-state index contributed by atoms with van der Waals surface area (Å²) in [6.07, 6.45) is 8.64. The van der Waals surface area contributed by atoms with Crippen LogP contribution in [0.4, 0.5) is 5.69 Å². The molecule has 3 nitrogen and oxygen atoms in total. The van der Waals surface area contributed by atoms with E-state index in [0.29, 0.717) is 6.54 Å². The molecule has 19 heavy (non-hydrogen) atoms. The molecule has 1 aromatic heterocycles. The highest BCUT2D eigenvalue weighted by molar-refractivity contribution is 5.53. The molecular formula is C16H27N3. The van der Waals surface area contributed by atoms with Gasteiger partial charge in [-0.1, -0.05) is 19.8 Å². The maximum Gasteiger partial charge on any atom is 0.0445 e. The zero-order valence-corrected chi connectivity index (χ0v) is 12.4. The number of pyridine rings is 1. The van der Waals surface area contributed by atoms with E-state index in [1.54, 1.807) is 0 Å². The van der Waals surface area contributed by atoms with Gasteiger partial charge < -0.3 is 10.6 Å². The topological polar surface area (TPSA) is 42.2 Å². The van der Waals surface area contributed by atoms with Crippen LogP contribution in [0.3, 0.4) is 0 Å². The molecule has 0 radical (unpaired) electrons. The highest BCUT2D eigenvalue weighted by Crippen LogP contribution is 2.27. The van der Waals surface area contributed by atoms with Crippen LogP contribution in [-0.4, -0.2) is 18.1 Å². The molecule has 2 N–H and O–H groups in total. The van der Waals surface area contributed by atoms with Gasteiger partial charge in [0.05, 0.1) is 0 Å². The van der Waals surface area contributed by atoms with Gasteiger partial charge in [-0.2, -0.15) is 0 Å². The van der Waals surface area contributed by atoms with Gasteiger partial charge in [-0.05, 0) is 38.2 Å². The summed E-state index contributed by atoms with van der Waals surface area (Å²) in [4.78, 5) is 6.89. The van der Waals surface area contributed by atoms with Gasteiger partial charge >= 0.3 is 0 Å². The van der Waals surface area contributed by atoms with Crippen LogP contribution in [0.15, 0.2) is 12.3 Å². The second-order valence-corrected chi connectivity index (χ2v) is 5.73. The molecule has 1 aromatic rings. The Kier molecular flexibility index (Phi) is 5.20. The van der Waals surface area contributed by atoms with Crippen LogP contribution in [-0.2, 0) is 6.54 Å². The number of hydrogen-bond donors (Lipinski definition) is 1. The quantitative estimate of drug-likeness (QED) is 0.904. The lowest BCUT2D eigenvalue weighted by atomic mass is 9.96. The van der Waals surface area contributed by atoms with E-state index < -0.39 is 0 Å². The van der Waals surface area contributed by atoms with Crippen molar-refractivity contribution in [1.82, 2.24) is 4.98 Å². The van der Waals surface area contributed by atoms with Crippen LogP contribution in [0.25, 0.3) is 0 Å². The van der Waals surface area contributed by atoms with Crippen molar-refractivity contribution in [2.45, 2.75) is 52.5 Å². The van der Waals surface area contributed by atoms with E-state index in [1.807, 2.05) is 6.20 Å². The summed E-state index contributed by atoms with van der Waals surface area (Å²) >= 11 is 0. The first-order chi connectivity index (χ1) is 9.24. The summed E-state index contributed by atoms with van der Waals surface area (Å²) in [5.41, 5.74) is 9.43. The van der Waals surface area contributed by atoms with Crippen molar-refractivity contribution < 1.29 is 0 Å². The Morgan fingerprint density at radius 3 is 2.95 bits per heavy atom. The molecular weight excluding hydrogens is 234 g/mol. The fraction of sp³-hybridized carbons (Fsp3) is 0.688.